The zero-order chi connectivity index (χ0) is 26.1. The average Bonchev–Trinajstić information content (AvgIpc) is 3.25. The number of fused-ring (bicyclic) bond motifs is 1. The molecule has 38 heavy (non-hydrogen) atoms. The number of ether oxygens (including phenoxy) is 1. The molecule has 0 aromatic carbocycles. The first-order valence-electron chi connectivity index (χ1n) is 13.5. The van der Waals surface area contributed by atoms with Crippen molar-refractivity contribution in [2.45, 2.75) is 57.0 Å². The number of alkyl halides is 2. The number of urea groups is 1. The lowest BCUT2D eigenvalue weighted by Gasteiger charge is -2.39. The van der Waals surface area contributed by atoms with E-state index in [9.17, 15) is 13.6 Å². The van der Waals surface area contributed by atoms with Gasteiger partial charge in [0.05, 0.1) is 48.2 Å². The number of carbonyl (C=O) groups excluding carboxylic acids is 1. The summed E-state index contributed by atoms with van der Waals surface area (Å²) < 4.78 is 34.7. The van der Waals surface area contributed by atoms with E-state index < -0.39 is 5.92 Å². The molecule has 3 aliphatic heterocycles. The molecule has 1 spiro atoms. The van der Waals surface area contributed by atoms with Gasteiger partial charge in [0.25, 0.3) is 5.92 Å². The second kappa shape index (κ2) is 8.62. The van der Waals surface area contributed by atoms with E-state index in [1.54, 1.807) is 17.3 Å². The number of hydrogen-bond donors (Lipinski definition) is 2. The monoisotopic (exact) mass is 526 g/mol. The van der Waals surface area contributed by atoms with Crippen LogP contribution in [0.25, 0.3) is 22.3 Å². The van der Waals surface area contributed by atoms with Gasteiger partial charge >= 0.3 is 6.03 Å². The van der Waals surface area contributed by atoms with E-state index in [2.05, 4.69) is 27.4 Å². The van der Waals surface area contributed by atoms with E-state index in [1.165, 1.54) is 0 Å². The zero-order valence-electron chi connectivity index (χ0n) is 21.4. The Hall–Kier alpha value is -3.28. The number of amides is 2. The van der Waals surface area contributed by atoms with Gasteiger partial charge in [-0.3, -0.25) is 14.8 Å². The third-order valence-corrected chi connectivity index (χ3v) is 8.57. The van der Waals surface area contributed by atoms with Crippen LogP contribution in [0.4, 0.5) is 25.1 Å². The molecule has 6 heterocycles. The number of likely N-dealkylation sites (tertiary alicyclic amines) is 1. The minimum Gasteiger partial charge on any atom is -0.381 e. The summed E-state index contributed by atoms with van der Waals surface area (Å²) in [6.45, 7) is 4.33. The molecule has 7 rings (SSSR count). The van der Waals surface area contributed by atoms with Crippen molar-refractivity contribution in [2.75, 3.05) is 43.1 Å². The quantitative estimate of drug-likeness (QED) is 0.519. The molecule has 2 atom stereocenters. The van der Waals surface area contributed by atoms with Gasteiger partial charge in [-0.1, -0.05) is 6.92 Å². The van der Waals surface area contributed by atoms with E-state index in [1.807, 2.05) is 15.6 Å². The Balaban J connectivity index is 1.18. The molecule has 3 aromatic rings. The highest BCUT2D eigenvalue weighted by atomic mass is 19.3. The van der Waals surface area contributed by atoms with Crippen LogP contribution in [0.2, 0.25) is 0 Å². The second-order valence-corrected chi connectivity index (χ2v) is 11.6. The summed E-state index contributed by atoms with van der Waals surface area (Å²) in [4.78, 5) is 21.5. The number of halogens is 2. The maximum absolute atomic E-state index is 13.7. The van der Waals surface area contributed by atoms with Crippen molar-refractivity contribution < 1.29 is 18.3 Å². The van der Waals surface area contributed by atoms with Crippen molar-refractivity contribution in [3.8, 4) is 11.4 Å². The third kappa shape index (κ3) is 4.09. The Kier molecular flexibility index (Phi) is 5.40. The molecule has 4 fully saturated rings. The SMILES string of the molecule is C[C@H]1CCN(C(=O)Nc2cn[nH]c2-c2cc3c(cn2)c(N2CC(F)(F)C2)nn3C[C@@H]2CCOC2)C2(CC2)C1. The second-order valence-electron chi connectivity index (χ2n) is 11.6. The number of nitrogens with zero attached hydrogens (tertiary/aromatic N) is 6. The number of carbonyl (C=O) groups is 1. The Morgan fingerprint density at radius 3 is 2.84 bits per heavy atom. The molecule has 12 heteroatoms. The van der Waals surface area contributed by atoms with Gasteiger partial charge in [0.15, 0.2) is 5.82 Å². The summed E-state index contributed by atoms with van der Waals surface area (Å²) in [6.07, 6.45) is 8.40. The summed E-state index contributed by atoms with van der Waals surface area (Å²) in [5, 5.41) is 15.7. The Morgan fingerprint density at radius 2 is 2.11 bits per heavy atom. The summed E-state index contributed by atoms with van der Waals surface area (Å²) in [5.74, 6) is -1.23. The molecule has 1 aliphatic carbocycles. The fraction of sp³-hybridized carbons (Fsp3) is 0.615. The lowest BCUT2D eigenvalue weighted by molar-refractivity contribution is -0.0266. The summed E-state index contributed by atoms with van der Waals surface area (Å²) in [6, 6.07) is 1.79. The molecule has 0 bridgehead atoms. The van der Waals surface area contributed by atoms with Crippen LogP contribution >= 0.6 is 0 Å². The summed E-state index contributed by atoms with van der Waals surface area (Å²) in [5.41, 5.74) is 2.58. The lowest BCUT2D eigenvalue weighted by atomic mass is 9.91. The van der Waals surface area contributed by atoms with Crippen molar-refractivity contribution in [1.82, 2.24) is 29.9 Å². The minimum absolute atomic E-state index is 0.00330. The van der Waals surface area contributed by atoms with E-state index in [0.717, 1.165) is 56.2 Å². The molecule has 4 aliphatic rings. The predicted octanol–water partition coefficient (Wildman–Crippen LogP) is 4.11. The minimum atomic E-state index is -2.70. The zero-order valence-corrected chi connectivity index (χ0v) is 21.4. The maximum Gasteiger partial charge on any atom is 0.322 e. The van der Waals surface area contributed by atoms with Gasteiger partial charge in [-0.25, -0.2) is 13.6 Å². The van der Waals surface area contributed by atoms with Gasteiger partial charge in [-0.05, 0) is 44.1 Å². The molecule has 0 unspecified atom stereocenters. The number of H-pyrrole nitrogens is 1. The molecule has 2 amide bonds. The number of piperidine rings is 1. The fourth-order valence-corrected chi connectivity index (χ4v) is 6.34. The number of anilines is 2. The molecule has 10 nitrogen and oxygen atoms in total. The van der Waals surface area contributed by atoms with E-state index in [0.29, 0.717) is 47.9 Å². The van der Waals surface area contributed by atoms with Crippen LogP contribution in [-0.2, 0) is 11.3 Å². The van der Waals surface area contributed by atoms with Gasteiger partial charge in [0.2, 0.25) is 0 Å². The fourth-order valence-electron chi connectivity index (χ4n) is 6.34. The van der Waals surface area contributed by atoms with Gasteiger partial charge in [-0.2, -0.15) is 10.2 Å². The van der Waals surface area contributed by atoms with Gasteiger partial charge in [0.1, 0.15) is 5.69 Å². The number of rotatable bonds is 5. The largest absolute Gasteiger partial charge is 0.381 e. The first-order chi connectivity index (χ1) is 18.3. The van der Waals surface area contributed by atoms with E-state index in [-0.39, 0.29) is 24.7 Å². The summed E-state index contributed by atoms with van der Waals surface area (Å²) in [7, 11) is 0. The topological polar surface area (TPSA) is 104 Å². The average molecular weight is 527 g/mol. The van der Waals surface area contributed by atoms with Crippen LogP contribution in [0.1, 0.15) is 39.0 Å². The molecule has 3 aromatic heterocycles. The van der Waals surface area contributed by atoms with Gasteiger partial charge in [-0.15, -0.1) is 0 Å². The van der Waals surface area contributed by atoms with Gasteiger partial charge in [0, 0.05) is 37.4 Å². The molecule has 1 saturated carbocycles. The van der Waals surface area contributed by atoms with Crippen LogP contribution in [0, 0.1) is 11.8 Å². The Labute approximate surface area is 218 Å². The Bertz CT molecular complexity index is 1370. The molecule has 202 valence electrons. The van der Waals surface area contributed by atoms with Crippen LogP contribution in [-0.4, -0.2) is 80.2 Å². The van der Waals surface area contributed by atoms with E-state index in [4.69, 9.17) is 9.84 Å². The summed E-state index contributed by atoms with van der Waals surface area (Å²) >= 11 is 0. The van der Waals surface area contributed by atoms with Crippen molar-refractivity contribution >= 4 is 28.4 Å². The van der Waals surface area contributed by atoms with Crippen molar-refractivity contribution in [3.63, 3.8) is 0 Å². The van der Waals surface area contributed by atoms with E-state index >= 15 is 0 Å². The first kappa shape index (κ1) is 23.8. The smallest absolute Gasteiger partial charge is 0.322 e. The molecule has 0 radical (unpaired) electrons. The standard InChI is InChI=1S/C26H32F2N8O2/c1-16-2-6-35(25(9-16)4-5-25)24(37)31-20-11-30-32-22(20)19-8-21-18(10-29-19)23(34-14-26(27,28)15-34)33-36(21)12-17-3-7-38-13-17/h8,10-11,16-17H,2-7,9,12-15H2,1H3,(H,30,32)(H,31,37)/t16-,17-/m0/s1. The lowest BCUT2D eigenvalue weighted by Crippen LogP contribution is -2.56. The highest BCUT2D eigenvalue weighted by Crippen LogP contribution is 2.50. The molecular weight excluding hydrogens is 494 g/mol. The number of nitrogens with one attached hydrogen (secondary N) is 2. The van der Waals surface area contributed by atoms with Crippen LogP contribution in [0.5, 0.6) is 0 Å². The van der Waals surface area contributed by atoms with Crippen LogP contribution in [0.3, 0.4) is 0 Å². The van der Waals surface area contributed by atoms with Gasteiger partial charge < -0.3 is 19.9 Å². The molecular formula is C26H32F2N8O2. The Morgan fingerprint density at radius 1 is 1.26 bits per heavy atom. The predicted molar refractivity (Wildman–Crippen MR) is 137 cm³/mol. The van der Waals surface area contributed by atoms with Crippen LogP contribution in [0.15, 0.2) is 18.5 Å². The number of pyridine rings is 1. The number of aromatic nitrogens is 5. The first-order valence-corrected chi connectivity index (χ1v) is 13.5. The van der Waals surface area contributed by atoms with Crippen molar-refractivity contribution in [2.24, 2.45) is 11.8 Å². The number of hydrogen-bond acceptors (Lipinski definition) is 6. The highest BCUT2D eigenvalue weighted by Gasteiger charge is 2.52. The van der Waals surface area contributed by atoms with Crippen molar-refractivity contribution in [3.05, 3.63) is 18.5 Å². The molecule has 3 saturated heterocycles. The van der Waals surface area contributed by atoms with Crippen LogP contribution < -0.4 is 10.2 Å². The van der Waals surface area contributed by atoms with Crippen molar-refractivity contribution in [1.29, 1.82) is 0 Å². The molecule has 2 N–H and O–H groups in total. The third-order valence-electron chi connectivity index (χ3n) is 8.57. The highest BCUT2D eigenvalue weighted by molar-refractivity contribution is 5.96. The maximum atomic E-state index is 13.7. The number of aromatic amines is 1. The normalized spacial score (nSPS) is 25.7.